The molecule has 0 radical (unpaired) electrons. The SMILES string of the molecule is NNc1cc(CN2CCNC(=O)CC2)ccn1. The highest BCUT2D eigenvalue weighted by molar-refractivity contribution is 5.76. The third-order valence-electron chi connectivity index (χ3n) is 2.78. The number of nitrogens with one attached hydrogen (secondary N) is 2. The van der Waals surface area contributed by atoms with Crippen LogP contribution in [0.3, 0.4) is 0 Å². The van der Waals surface area contributed by atoms with Crippen molar-refractivity contribution < 1.29 is 4.79 Å². The molecule has 0 aromatic carbocycles. The van der Waals surface area contributed by atoms with Crippen LogP contribution in [-0.4, -0.2) is 35.4 Å². The first-order valence-electron chi connectivity index (χ1n) is 5.68. The second-order valence-corrected chi connectivity index (χ2v) is 4.07. The van der Waals surface area contributed by atoms with Crippen molar-refractivity contribution in [2.45, 2.75) is 13.0 Å². The van der Waals surface area contributed by atoms with Crippen molar-refractivity contribution >= 4 is 11.7 Å². The van der Waals surface area contributed by atoms with E-state index >= 15 is 0 Å². The fraction of sp³-hybridized carbons (Fsp3) is 0.455. The van der Waals surface area contributed by atoms with Gasteiger partial charge in [0.15, 0.2) is 0 Å². The number of anilines is 1. The molecule has 2 rings (SSSR count). The molecule has 1 aliphatic rings. The van der Waals surface area contributed by atoms with Gasteiger partial charge in [0.05, 0.1) is 0 Å². The van der Waals surface area contributed by atoms with E-state index in [1.165, 1.54) is 0 Å². The van der Waals surface area contributed by atoms with Gasteiger partial charge in [0.1, 0.15) is 5.82 Å². The molecule has 6 heteroatoms. The van der Waals surface area contributed by atoms with E-state index in [9.17, 15) is 4.79 Å². The van der Waals surface area contributed by atoms with Crippen molar-refractivity contribution in [3.63, 3.8) is 0 Å². The average Bonchev–Trinajstić information content (AvgIpc) is 2.55. The van der Waals surface area contributed by atoms with Crippen molar-refractivity contribution in [3.8, 4) is 0 Å². The molecule has 1 amide bonds. The number of carbonyl (C=O) groups is 1. The molecule has 1 aliphatic heterocycles. The zero-order valence-corrected chi connectivity index (χ0v) is 9.65. The average molecular weight is 235 g/mol. The number of hydrogen-bond acceptors (Lipinski definition) is 5. The fourth-order valence-electron chi connectivity index (χ4n) is 1.88. The number of hydrazine groups is 1. The molecule has 0 aliphatic carbocycles. The quantitative estimate of drug-likeness (QED) is 0.494. The van der Waals surface area contributed by atoms with E-state index in [1.807, 2.05) is 12.1 Å². The fourth-order valence-corrected chi connectivity index (χ4v) is 1.88. The molecule has 0 atom stereocenters. The Morgan fingerprint density at radius 2 is 2.41 bits per heavy atom. The van der Waals surface area contributed by atoms with Gasteiger partial charge < -0.3 is 10.7 Å². The van der Waals surface area contributed by atoms with E-state index in [4.69, 9.17) is 5.84 Å². The van der Waals surface area contributed by atoms with Gasteiger partial charge >= 0.3 is 0 Å². The third-order valence-corrected chi connectivity index (χ3v) is 2.78. The van der Waals surface area contributed by atoms with Gasteiger partial charge in [-0.1, -0.05) is 0 Å². The summed E-state index contributed by atoms with van der Waals surface area (Å²) in [7, 11) is 0. The Balaban J connectivity index is 1.97. The van der Waals surface area contributed by atoms with E-state index in [2.05, 4.69) is 20.6 Å². The van der Waals surface area contributed by atoms with E-state index in [0.29, 0.717) is 18.8 Å². The molecule has 0 saturated carbocycles. The minimum absolute atomic E-state index is 0.131. The zero-order valence-electron chi connectivity index (χ0n) is 9.65. The molecule has 1 fully saturated rings. The van der Waals surface area contributed by atoms with Crippen molar-refractivity contribution in [1.29, 1.82) is 0 Å². The van der Waals surface area contributed by atoms with Crippen LogP contribution in [0.25, 0.3) is 0 Å². The second-order valence-electron chi connectivity index (χ2n) is 4.07. The highest BCUT2D eigenvalue weighted by Gasteiger charge is 2.13. The maximum absolute atomic E-state index is 11.2. The highest BCUT2D eigenvalue weighted by atomic mass is 16.1. The monoisotopic (exact) mass is 235 g/mol. The van der Waals surface area contributed by atoms with Crippen LogP contribution in [0.1, 0.15) is 12.0 Å². The summed E-state index contributed by atoms with van der Waals surface area (Å²) in [5, 5.41) is 2.86. The maximum atomic E-state index is 11.2. The van der Waals surface area contributed by atoms with Crippen LogP contribution in [0.5, 0.6) is 0 Å². The van der Waals surface area contributed by atoms with E-state index < -0.39 is 0 Å². The van der Waals surface area contributed by atoms with Crippen LogP contribution in [0.4, 0.5) is 5.82 Å². The van der Waals surface area contributed by atoms with Crippen molar-refractivity contribution in [1.82, 2.24) is 15.2 Å². The first kappa shape index (κ1) is 11.8. The Labute approximate surface area is 100 Å². The molecule has 1 aromatic heterocycles. The lowest BCUT2D eigenvalue weighted by molar-refractivity contribution is -0.120. The molecular weight excluding hydrogens is 218 g/mol. The molecule has 1 saturated heterocycles. The van der Waals surface area contributed by atoms with E-state index in [1.54, 1.807) is 6.20 Å². The van der Waals surface area contributed by atoms with Gasteiger partial charge in [-0.3, -0.25) is 9.69 Å². The lowest BCUT2D eigenvalue weighted by Gasteiger charge is -2.19. The van der Waals surface area contributed by atoms with E-state index in [-0.39, 0.29) is 5.91 Å². The predicted molar refractivity (Wildman–Crippen MR) is 65.0 cm³/mol. The molecule has 0 spiro atoms. The summed E-state index contributed by atoms with van der Waals surface area (Å²) in [4.78, 5) is 17.5. The summed E-state index contributed by atoms with van der Waals surface area (Å²) in [6.07, 6.45) is 2.29. The first-order chi connectivity index (χ1) is 8.28. The lowest BCUT2D eigenvalue weighted by atomic mass is 10.2. The molecule has 92 valence electrons. The van der Waals surface area contributed by atoms with Crippen LogP contribution < -0.4 is 16.6 Å². The van der Waals surface area contributed by atoms with Gasteiger partial charge in [-0.2, -0.15) is 0 Å². The lowest BCUT2D eigenvalue weighted by Crippen LogP contribution is -2.28. The number of hydrogen-bond donors (Lipinski definition) is 3. The third kappa shape index (κ3) is 3.40. The Bertz CT molecular complexity index is 395. The standard InChI is InChI=1S/C11H17N5O/c12-15-10-7-9(1-3-13-10)8-16-5-2-11(17)14-4-6-16/h1,3,7H,2,4-6,8,12H2,(H,13,15)(H,14,17). The summed E-state index contributed by atoms with van der Waals surface area (Å²) in [5.74, 6) is 6.10. The molecule has 17 heavy (non-hydrogen) atoms. The first-order valence-corrected chi connectivity index (χ1v) is 5.68. The van der Waals surface area contributed by atoms with Crippen molar-refractivity contribution in [2.24, 2.45) is 5.84 Å². The van der Waals surface area contributed by atoms with Crippen LogP contribution in [-0.2, 0) is 11.3 Å². The van der Waals surface area contributed by atoms with E-state index in [0.717, 1.165) is 25.2 Å². The largest absolute Gasteiger partial charge is 0.355 e. The molecular formula is C11H17N5O. The zero-order chi connectivity index (χ0) is 12.1. The van der Waals surface area contributed by atoms with Crippen LogP contribution in [0.2, 0.25) is 0 Å². The predicted octanol–water partition coefficient (Wildman–Crippen LogP) is -0.311. The summed E-state index contributed by atoms with van der Waals surface area (Å²) >= 11 is 0. The van der Waals surface area contributed by atoms with Crippen LogP contribution in [0.15, 0.2) is 18.3 Å². The van der Waals surface area contributed by atoms with Gasteiger partial charge in [0.2, 0.25) is 5.91 Å². The number of nitrogen functional groups attached to an aromatic ring is 1. The summed E-state index contributed by atoms with van der Waals surface area (Å²) < 4.78 is 0. The summed E-state index contributed by atoms with van der Waals surface area (Å²) in [5.41, 5.74) is 3.67. The van der Waals surface area contributed by atoms with Crippen LogP contribution >= 0.6 is 0 Å². The minimum Gasteiger partial charge on any atom is -0.355 e. The molecule has 0 bridgehead atoms. The normalized spacial score (nSPS) is 17.4. The molecule has 4 N–H and O–H groups in total. The van der Waals surface area contributed by atoms with Crippen molar-refractivity contribution in [3.05, 3.63) is 23.9 Å². The summed E-state index contributed by atoms with van der Waals surface area (Å²) in [6.45, 7) is 3.19. The highest BCUT2D eigenvalue weighted by Crippen LogP contribution is 2.09. The van der Waals surface area contributed by atoms with Gasteiger partial charge in [-0.25, -0.2) is 10.8 Å². The van der Waals surface area contributed by atoms with Gasteiger partial charge in [0, 0.05) is 38.8 Å². The minimum atomic E-state index is 0.131. The molecule has 2 heterocycles. The van der Waals surface area contributed by atoms with Crippen LogP contribution in [0, 0.1) is 0 Å². The molecule has 1 aromatic rings. The Morgan fingerprint density at radius 3 is 3.24 bits per heavy atom. The number of rotatable bonds is 3. The molecule has 0 unspecified atom stereocenters. The number of aromatic nitrogens is 1. The Kier molecular flexibility index (Phi) is 3.89. The maximum Gasteiger partial charge on any atom is 0.221 e. The number of pyridine rings is 1. The second kappa shape index (κ2) is 5.60. The number of amides is 1. The number of nitrogens with zero attached hydrogens (tertiary/aromatic N) is 2. The Morgan fingerprint density at radius 1 is 1.53 bits per heavy atom. The smallest absolute Gasteiger partial charge is 0.221 e. The van der Waals surface area contributed by atoms with Gasteiger partial charge in [-0.05, 0) is 17.7 Å². The topological polar surface area (TPSA) is 83.3 Å². The van der Waals surface area contributed by atoms with Gasteiger partial charge in [-0.15, -0.1) is 0 Å². The van der Waals surface area contributed by atoms with Gasteiger partial charge in [0.25, 0.3) is 0 Å². The van der Waals surface area contributed by atoms with Crippen molar-refractivity contribution in [2.75, 3.05) is 25.1 Å². The Hall–Kier alpha value is -1.66. The number of carbonyl (C=O) groups excluding carboxylic acids is 1. The molecule has 6 nitrogen and oxygen atoms in total. The number of nitrogens with two attached hydrogens (primary N) is 1. The summed E-state index contributed by atoms with van der Waals surface area (Å²) in [6, 6.07) is 3.88.